The smallest absolute Gasteiger partial charge is 0.306 e. The average Bonchev–Trinajstić information content (AvgIpc) is 3.05. The molecule has 0 aliphatic heterocycles. The summed E-state index contributed by atoms with van der Waals surface area (Å²) in [5.74, 6) is 0.625. The fraction of sp³-hybridized carbons (Fsp3) is 0.805. The Balaban J connectivity index is 4.07. The lowest BCUT2D eigenvalue weighted by Gasteiger charge is -2.25. The molecule has 0 saturated carbocycles. The highest BCUT2D eigenvalue weighted by Crippen LogP contribution is 2.20. The first-order valence-corrected chi connectivity index (χ1v) is 19.5. The van der Waals surface area contributed by atoms with Gasteiger partial charge < -0.3 is 19.3 Å². The van der Waals surface area contributed by atoms with E-state index in [-0.39, 0.29) is 11.9 Å². The fourth-order valence-electron chi connectivity index (χ4n) is 5.56. The number of allylic oxidation sites excluding steroid dienone is 5. The highest BCUT2D eigenvalue weighted by molar-refractivity contribution is 5.69. The lowest BCUT2D eigenvalue weighted by atomic mass is 9.93. The SMILES string of the molecule is CCCC/C=C/C=C/COC(=O)CCCCCCCC(CCCCCCCC(=O)OCCC/C=C/CCCC)CN(C)CCN(C)C. The van der Waals surface area contributed by atoms with Crippen molar-refractivity contribution in [2.24, 2.45) is 5.92 Å². The summed E-state index contributed by atoms with van der Waals surface area (Å²) < 4.78 is 10.7. The van der Waals surface area contributed by atoms with E-state index < -0.39 is 0 Å². The van der Waals surface area contributed by atoms with Crippen molar-refractivity contribution in [2.45, 2.75) is 155 Å². The van der Waals surface area contributed by atoms with Crippen molar-refractivity contribution in [3.05, 3.63) is 36.5 Å². The van der Waals surface area contributed by atoms with Crippen LogP contribution in [0.5, 0.6) is 0 Å². The van der Waals surface area contributed by atoms with E-state index in [2.05, 4.69) is 63.0 Å². The van der Waals surface area contributed by atoms with Gasteiger partial charge in [-0.25, -0.2) is 0 Å². The van der Waals surface area contributed by atoms with E-state index in [1.165, 1.54) is 83.6 Å². The van der Waals surface area contributed by atoms with Gasteiger partial charge in [-0.05, 0) is 84.5 Å². The summed E-state index contributed by atoms with van der Waals surface area (Å²) in [6, 6.07) is 0. The third-order valence-electron chi connectivity index (χ3n) is 8.60. The second-order valence-electron chi connectivity index (χ2n) is 13.7. The van der Waals surface area contributed by atoms with E-state index in [0.717, 1.165) is 70.4 Å². The summed E-state index contributed by atoms with van der Waals surface area (Å²) in [4.78, 5) is 28.8. The number of carbonyl (C=O) groups excluding carboxylic acids is 2. The van der Waals surface area contributed by atoms with Crippen LogP contribution in [0.15, 0.2) is 36.5 Å². The van der Waals surface area contributed by atoms with Crippen molar-refractivity contribution in [1.82, 2.24) is 9.80 Å². The van der Waals surface area contributed by atoms with E-state index >= 15 is 0 Å². The van der Waals surface area contributed by atoms with Crippen LogP contribution in [-0.2, 0) is 19.1 Å². The van der Waals surface area contributed by atoms with Crippen LogP contribution in [0.4, 0.5) is 0 Å². The standard InChI is InChI=1S/C41H76N2O4/c1-6-8-10-12-14-22-28-36-46-40(44)32-26-20-16-18-24-30-39(38-43(5)35-34-42(3)4)31-25-19-17-21-27-33-41(45)47-37-29-23-15-13-11-9-7-2/h12-15,22,28,39H,6-11,16-21,23-27,29-38H2,1-5H3/b14-12+,15-13+,28-22+. The minimum atomic E-state index is -0.0814. The molecule has 0 aromatic carbocycles. The van der Waals surface area contributed by atoms with Crippen molar-refractivity contribution in [2.75, 3.05) is 54.0 Å². The number of unbranched alkanes of at least 4 members (excludes halogenated alkanes) is 13. The Morgan fingerprint density at radius 3 is 1.68 bits per heavy atom. The first-order valence-electron chi connectivity index (χ1n) is 19.5. The molecule has 0 heterocycles. The van der Waals surface area contributed by atoms with Crippen LogP contribution in [0.25, 0.3) is 0 Å². The summed E-state index contributed by atoms with van der Waals surface area (Å²) in [5.41, 5.74) is 0. The maximum atomic E-state index is 12.0. The maximum Gasteiger partial charge on any atom is 0.306 e. The van der Waals surface area contributed by atoms with Crippen LogP contribution >= 0.6 is 0 Å². The van der Waals surface area contributed by atoms with Gasteiger partial charge in [0.05, 0.1) is 6.61 Å². The normalized spacial score (nSPS) is 12.7. The molecule has 1 unspecified atom stereocenters. The Morgan fingerprint density at radius 2 is 1.09 bits per heavy atom. The van der Waals surface area contributed by atoms with Crippen molar-refractivity contribution in [3.8, 4) is 0 Å². The number of hydrogen-bond acceptors (Lipinski definition) is 6. The lowest BCUT2D eigenvalue weighted by molar-refractivity contribution is -0.144. The molecule has 47 heavy (non-hydrogen) atoms. The molecule has 0 spiro atoms. The van der Waals surface area contributed by atoms with Gasteiger partial charge in [-0.3, -0.25) is 9.59 Å². The van der Waals surface area contributed by atoms with Crippen LogP contribution in [-0.4, -0.2) is 75.7 Å². The van der Waals surface area contributed by atoms with Crippen LogP contribution in [0.2, 0.25) is 0 Å². The molecule has 0 rings (SSSR count). The number of hydrogen-bond donors (Lipinski definition) is 0. The predicted molar refractivity (Wildman–Crippen MR) is 202 cm³/mol. The Morgan fingerprint density at radius 1 is 0.574 bits per heavy atom. The minimum Gasteiger partial charge on any atom is -0.466 e. The highest BCUT2D eigenvalue weighted by Gasteiger charge is 2.12. The average molecular weight is 661 g/mol. The summed E-state index contributed by atoms with van der Waals surface area (Å²) in [5, 5.41) is 0. The van der Waals surface area contributed by atoms with Gasteiger partial charge in [0.25, 0.3) is 0 Å². The molecule has 0 aliphatic rings. The molecule has 1 atom stereocenters. The zero-order valence-corrected chi connectivity index (χ0v) is 31.7. The van der Waals surface area contributed by atoms with Crippen molar-refractivity contribution in [3.63, 3.8) is 0 Å². The van der Waals surface area contributed by atoms with E-state index in [0.29, 0.717) is 26.1 Å². The molecule has 0 aromatic rings. The molecule has 6 nitrogen and oxygen atoms in total. The van der Waals surface area contributed by atoms with E-state index in [4.69, 9.17) is 9.47 Å². The molecule has 0 radical (unpaired) electrons. The van der Waals surface area contributed by atoms with Gasteiger partial charge in [-0.15, -0.1) is 0 Å². The number of likely N-dealkylation sites (N-methyl/N-ethyl adjacent to an activating group) is 2. The molecule has 0 N–H and O–H groups in total. The molecule has 0 aliphatic carbocycles. The number of ether oxygens (including phenoxy) is 2. The Bertz CT molecular complexity index is 792. The molecule has 0 saturated heterocycles. The van der Waals surface area contributed by atoms with Gasteiger partial charge >= 0.3 is 11.9 Å². The van der Waals surface area contributed by atoms with Gasteiger partial charge in [-0.2, -0.15) is 0 Å². The Kier molecular flexibility index (Phi) is 33.9. The maximum absolute atomic E-state index is 12.0. The Labute approximate surface area is 291 Å². The lowest BCUT2D eigenvalue weighted by Crippen LogP contribution is -2.32. The number of rotatable bonds is 34. The molecule has 6 heteroatoms. The van der Waals surface area contributed by atoms with Crippen molar-refractivity contribution in [1.29, 1.82) is 0 Å². The van der Waals surface area contributed by atoms with Crippen LogP contribution in [0, 0.1) is 5.92 Å². The Hall–Kier alpha value is -1.92. The molecular formula is C41H76N2O4. The zero-order valence-electron chi connectivity index (χ0n) is 31.7. The monoisotopic (exact) mass is 661 g/mol. The molecule has 0 bridgehead atoms. The fourth-order valence-corrected chi connectivity index (χ4v) is 5.56. The molecule has 274 valence electrons. The highest BCUT2D eigenvalue weighted by atomic mass is 16.5. The van der Waals surface area contributed by atoms with E-state index in [1.807, 2.05) is 18.2 Å². The van der Waals surface area contributed by atoms with Gasteiger partial charge in [0.15, 0.2) is 0 Å². The summed E-state index contributed by atoms with van der Waals surface area (Å²) in [6.45, 7) is 8.69. The summed E-state index contributed by atoms with van der Waals surface area (Å²) >= 11 is 0. The number of esters is 2. The predicted octanol–water partition coefficient (Wildman–Crippen LogP) is 10.5. The van der Waals surface area contributed by atoms with Crippen LogP contribution in [0.3, 0.4) is 0 Å². The van der Waals surface area contributed by atoms with Gasteiger partial charge in [0, 0.05) is 32.5 Å². The second-order valence-corrected chi connectivity index (χ2v) is 13.7. The first-order chi connectivity index (χ1) is 22.9. The molecule has 0 fully saturated rings. The second kappa shape index (κ2) is 35.4. The molecule has 0 aromatic heterocycles. The van der Waals surface area contributed by atoms with Crippen molar-refractivity contribution >= 4 is 11.9 Å². The van der Waals surface area contributed by atoms with Gasteiger partial charge in [-0.1, -0.05) is 121 Å². The third-order valence-corrected chi connectivity index (χ3v) is 8.60. The zero-order chi connectivity index (χ0) is 34.6. The van der Waals surface area contributed by atoms with Gasteiger partial charge in [0.1, 0.15) is 6.61 Å². The number of carbonyl (C=O) groups is 2. The van der Waals surface area contributed by atoms with E-state index in [9.17, 15) is 9.59 Å². The molecular weight excluding hydrogens is 584 g/mol. The molecule has 0 amide bonds. The summed E-state index contributed by atoms with van der Waals surface area (Å²) in [6.07, 6.45) is 36.8. The largest absolute Gasteiger partial charge is 0.466 e. The minimum absolute atomic E-state index is 0.0326. The summed E-state index contributed by atoms with van der Waals surface area (Å²) in [7, 11) is 6.55. The quantitative estimate of drug-likeness (QED) is 0.0296. The van der Waals surface area contributed by atoms with Gasteiger partial charge in [0.2, 0.25) is 0 Å². The number of nitrogens with zero attached hydrogens (tertiary/aromatic N) is 2. The van der Waals surface area contributed by atoms with Crippen LogP contribution in [0.1, 0.15) is 155 Å². The topological polar surface area (TPSA) is 59.1 Å². The van der Waals surface area contributed by atoms with Crippen LogP contribution < -0.4 is 0 Å². The van der Waals surface area contributed by atoms with E-state index in [1.54, 1.807) is 0 Å². The van der Waals surface area contributed by atoms with Crippen molar-refractivity contribution < 1.29 is 19.1 Å². The third kappa shape index (κ3) is 35.2. The first kappa shape index (κ1) is 45.1.